The number of hydrogen-bond donors (Lipinski definition) is 0. The van der Waals surface area contributed by atoms with E-state index in [0.29, 0.717) is 36.8 Å². The molecule has 0 bridgehead atoms. The summed E-state index contributed by atoms with van der Waals surface area (Å²) in [5, 5.41) is 2.08. The van der Waals surface area contributed by atoms with E-state index >= 15 is 0 Å². The molecule has 2 amide bonds. The largest absolute Gasteiger partial charge is 0.491 e. The lowest BCUT2D eigenvalue weighted by Crippen LogP contribution is -2.48. The summed E-state index contributed by atoms with van der Waals surface area (Å²) in [6.45, 7) is 7.71. The highest BCUT2D eigenvalue weighted by Gasteiger charge is 2.34. The second-order valence-electron chi connectivity index (χ2n) is 9.53. The van der Waals surface area contributed by atoms with Crippen molar-refractivity contribution in [2.45, 2.75) is 39.7 Å². The number of carbonyl (C=O) groups is 2. The second kappa shape index (κ2) is 10.8. The van der Waals surface area contributed by atoms with E-state index in [2.05, 4.69) is 24.4 Å². The van der Waals surface area contributed by atoms with Crippen molar-refractivity contribution >= 4 is 23.2 Å². The van der Waals surface area contributed by atoms with E-state index < -0.39 is 0 Å². The van der Waals surface area contributed by atoms with Crippen LogP contribution in [0.2, 0.25) is 0 Å². The van der Waals surface area contributed by atoms with Gasteiger partial charge in [-0.3, -0.25) is 9.59 Å². The maximum absolute atomic E-state index is 13.7. The van der Waals surface area contributed by atoms with E-state index in [-0.39, 0.29) is 31.2 Å². The lowest BCUT2D eigenvalue weighted by atomic mass is 10.00. The van der Waals surface area contributed by atoms with E-state index in [1.807, 2.05) is 30.9 Å². The SMILES string of the molecule is CCCN(CC(=O)N1CCc2sccc2[C@@H]1COc1ccc(C)cc1C)C(=O)c1ccc2c(c1)OCO2. The Bertz CT molecular complexity index is 1300. The third-order valence-corrected chi connectivity index (χ3v) is 7.87. The number of hydrogen-bond acceptors (Lipinski definition) is 6. The molecule has 0 unspecified atom stereocenters. The molecule has 0 aliphatic carbocycles. The summed E-state index contributed by atoms with van der Waals surface area (Å²) < 4.78 is 17.1. The fraction of sp³-hybridized carbons (Fsp3) is 0.379. The molecule has 5 rings (SSSR count). The first-order chi connectivity index (χ1) is 17.9. The van der Waals surface area contributed by atoms with Crippen molar-refractivity contribution in [2.75, 3.05) is 33.0 Å². The summed E-state index contributed by atoms with van der Waals surface area (Å²) in [6, 6.07) is 13.2. The number of fused-ring (bicyclic) bond motifs is 2. The summed E-state index contributed by atoms with van der Waals surface area (Å²) >= 11 is 1.72. The highest BCUT2D eigenvalue weighted by atomic mass is 32.1. The molecule has 2 aliphatic rings. The molecule has 0 spiro atoms. The third kappa shape index (κ3) is 5.30. The van der Waals surface area contributed by atoms with Gasteiger partial charge >= 0.3 is 0 Å². The molecule has 0 radical (unpaired) electrons. The number of amides is 2. The Hall–Kier alpha value is -3.52. The van der Waals surface area contributed by atoms with Gasteiger partial charge in [0.15, 0.2) is 11.5 Å². The monoisotopic (exact) mass is 520 g/mol. The zero-order valence-electron chi connectivity index (χ0n) is 21.5. The van der Waals surface area contributed by atoms with Gasteiger partial charge in [-0.25, -0.2) is 0 Å². The minimum atomic E-state index is -0.202. The van der Waals surface area contributed by atoms with Crippen LogP contribution in [0.3, 0.4) is 0 Å². The lowest BCUT2D eigenvalue weighted by Gasteiger charge is -2.37. The first-order valence-corrected chi connectivity index (χ1v) is 13.6. The van der Waals surface area contributed by atoms with Crippen molar-refractivity contribution in [3.63, 3.8) is 0 Å². The molecule has 2 aliphatic heterocycles. The van der Waals surface area contributed by atoms with Crippen molar-refractivity contribution < 1.29 is 23.8 Å². The van der Waals surface area contributed by atoms with Crippen LogP contribution in [0, 0.1) is 13.8 Å². The molecule has 1 atom stereocenters. The van der Waals surface area contributed by atoms with E-state index in [0.717, 1.165) is 29.7 Å². The number of thiophene rings is 1. The molecule has 7 nitrogen and oxygen atoms in total. The van der Waals surface area contributed by atoms with Crippen LogP contribution in [0.25, 0.3) is 0 Å². The number of rotatable bonds is 8. The van der Waals surface area contributed by atoms with Crippen LogP contribution in [0.15, 0.2) is 47.8 Å². The van der Waals surface area contributed by atoms with Crippen LogP contribution in [-0.2, 0) is 11.2 Å². The molecule has 3 aromatic rings. The number of aryl methyl sites for hydroxylation is 2. The van der Waals surface area contributed by atoms with Crippen LogP contribution >= 0.6 is 11.3 Å². The molecule has 3 heterocycles. The molecule has 0 saturated heterocycles. The van der Waals surface area contributed by atoms with Crippen molar-refractivity contribution in [3.05, 3.63) is 75.0 Å². The molecule has 1 aromatic heterocycles. The Balaban J connectivity index is 1.34. The molecule has 37 heavy (non-hydrogen) atoms. The summed E-state index contributed by atoms with van der Waals surface area (Å²) in [7, 11) is 0. The lowest BCUT2D eigenvalue weighted by molar-refractivity contribution is -0.135. The van der Waals surface area contributed by atoms with Gasteiger partial charge in [-0.15, -0.1) is 11.3 Å². The van der Waals surface area contributed by atoms with Gasteiger partial charge < -0.3 is 24.0 Å². The second-order valence-corrected chi connectivity index (χ2v) is 10.5. The summed E-state index contributed by atoms with van der Waals surface area (Å²) in [5.41, 5.74) is 3.88. The van der Waals surface area contributed by atoms with Gasteiger partial charge in [-0.05, 0) is 73.5 Å². The maximum Gasteiger partial charge on any atom is 0.254 e. The van der Waals surface area contributed by atoms with E-state index in [1.165, 1.54) is 10.4 Å². The summed E-state index contributed by atoms with van der Waals surface area (Å²) in [5.74, 6) is 1.74. The fourth-order valence-electron chi connectivity index (χ4n) is 4.99. The van der Waals surface area contributed by atoms with Crippen molar-refractivity contribution in [3.8, 4) is 17.2 Å². The standard InChI is InChI=1S/C29H32N2O5S/c1-4-11-30(29(33)21-6-8-25-26(15-21)36-18-35-25)16-28(32)31-12-9-27-22(10-13-37-27)23(31)17-34-24-7-5-19(2)14-20(24)3/h5-8,10,13-15,23H,4,9,11-12,16-18H2,1-3H3/t23-/m0/s1. The number of nitrogens with zero attached hydrogens (tertiary/aromatic N) is 2. The van der Waals surface area contributed by atoms with Crippen molar-refractivity contribution in [2.24, 2.45) is 0 Å². The average molecular weight is 521 g/mol. The highest BCUT2D eigenvalue weighted by Crippen LogP contribution is 2.35. The quantitative estimate of drug-likeness (QED) is 0.411. The van der Waals surface area contributed by atoms with Crippen LogP contribution in [-0.4, -0.2) is 54.6 Å². The Kier molecular flexibility index (Phi) is 7.37. The Morgan fingerprint density at radius 1 is 1.11 bits per heavy atom. The zero-order chi connectivity index (χ0) is 25.9. The van der Waals surface area contributed by atoms with Crippen LogP contribution < -0.4 is 14.2 Å². The van der Waals surface area contributed by atoms with Crippen molar-refractivity contribution in [1.82, 2.24) is 9.80 Å². The fourth-order valence-corrected chi connectivity index (χ4v) is 5.92. The van der Waals surface area contributed by atoms with E-state index in [4.69, 9.17) is 14.2 Å². The van der Waals surface area contributed by atoms with Gasteiger partial charge in [-0.2, -0.15) is 0 Å². The van der Waals surface area contributed by atoms with Gasteiger partial charge in [0.05, 0.1) is 6.04 Å². The third-order valence-electron chi connectivity index (χ3n) is 6.87. The van der Waals surface area contributed by atoms with Gasteiger partial charge in [0.25, 0.3) is 5.91 Å². The zero-order valence-corrected chi connectivity index (χ0v) is 22.3. The summed E-state index contributed by atoms with van der Waals surface area (Å²) in [6.07, 6.45) is 1.56. The minimum Gasteiger partial charge on any atom is -0.491 e. The molecule has 0 N–H and O–H groups in total. The maximum atomic E-state index is 13.7. The van der Waals surface area contributed by atoms with E-state index in [9.17, 15) is 9.59 Å². The van der Waals surface area contributed by atoms with Gasteiger partial charge in [-0.1, -0.05) is 24.6 Å². The number of ether oxygens (including phenoxy) is 3. The molecule has 2 aromatic carbocycles. The molecular weight excluding hydrogens is 488 g/mol. The van der Waals surface area contributed by atoms with Crippen molar-refractivity contribution in [1.29, 1.82) is 0 Å². The number of carbonyl (C=O) groups excluding carboxylic acids is 2. The molecule has 0 fully saturated rings. The molecule has 8 heteroatoms. The smallest absolute Gasteiger partial charge is 0.254 e. The van der Waals surface area contributed by atoms with E-state index in [1.54, 1.807) is 34.4 Å². The number of benzene rings is 2. The highest BCUT2D eigenvalue weighted by molar-refractivity contribution is 7.10. The first kappa shape index (κ1) is 25.1. The molecule has 0 saturated carbocycles. The molecular formula is C29H32N2O5S. The summed E-state index contributed by atoms with van der Waals surface area (Å²) in [4.78, 5) is 31.9. The predicted molar refractivity (Wildman–Crippen MR) is 143 cm³/mol. The van der Waals surface area contributed by atoms with Gasteiger partial charge in [0.1, 0.15) is 18.9 Å². The predicted octanol–water partition coefficient (Wildman–Crippen LogP) is 5.15. The van der Waals surface area contributed by atoms with Gasteiger partial charge in [0, 0.05) is 23.5 Å². The Labute approximate surface area is 221 Å². The minimum absolute atomic E-state index is 0.0145. The van der Waals surface area contributed by atoms with Crippen LogP contribution in [0.5, 0.6) is 17.2 Å². The van der Waals surface area contributed by atoms with Gasteiger partial charge in [0.2, 0.25) is 12.7 Å². The Morgan fingerprint density at radius 3 is 2.76 bits per heavy atom. The molecule has 194 valence electrons. The van der Waals surface area contributed by atoms with Crippen LogP contribution in [0.1, 0.15) is 51.3 Å². The topological polar surface area (TPSA) is 68.3 Å². The normalized spacial score (nSPS) is 15.9. The Morgan fingerprint density at radius 2 is 1.95 bits per heavy atom. The van der Waals surface area contributed by atoms with Crippen LogP contribution in [0.4, 0.5) is 0 Å². The first-order valence-electron chi connectivity index (χ1n) is 12.7. The average Bonchev–Trinajstić information content (AvgIpc) is 3.56.